The van der Waals surface area contributed by atoms with Gasteiger partial charge in [-0.3, -0.25) is 0 Å². The Morgan fingerprint density at radius 2 is 1.80 bits per heavy atom. The van der Waals surface area contributed by atoms with Crippen molar-refractivity contribution in [2.75, 3.05) is 5.75 Å². The summed E-state index contributed by atoms with van der Waals surface area (Å²) in [6.45, 7) is 2.10. The summed E-state index contributed by atoms with van der Waals surface area (Å²) < 4.78 is 0. The monoisotopic (exact) mass is 127 g/mol. The number of hydrogen-bond donors (Lipinski definition) is 1. The fourth-order valence-electron chi connectivity index (χ4n) is 0. The van der Waals surface area contributed by atoms with Gasteiger partial charge in [-0.25, -0.2) is 0 Å². The topological polar surface area (TPSA) is 0 Å². The zero-order chi connectivity index (χ0) is 3.41. The van der Waals surface area contributed by atoms with Crippen LogP contribution in [0.4, 0.5) is 0 Å². The van der Waals surface area contributed by atoms with E-state index in [1.54, 1.807) is 0 Å². The molecular weight excluding hydrogens is 119 g/mol. The first-order chi connectivity index (χ1) is 1.91. The van der Waals surface area contributed by atoms with E-state index in [1.165, 1.54) is 6.42 Å². The molecule has 0 rings (SSSR count). The van der Waals surface area contributed by atoms with E-state index < -0.39 is 0 Å². The predicted octanol–water partition coefficient (Wildman–Crippen LogP) is 1.32. The second-order valence-corrected chi connectivity index (χ2v) is 1.17. The Bertz CT molecular complexity index is 8.85. The molecule has 0 spiro atoms. The first kappa shape index (κ1) is 9.33. The van der Waals surface area contributed by atoms with Crippen LogP contribution in [0.5, 0.6) is 0 Å². The molecule has 1 radical (unpaired) electrons. The van der Waals surface area contributed by atoms with Crippen molar-refractivity contribution in [3.05, 3.63) is 0 Å². The minimum absolute atomic E-state index is 0. The maximum atomic E-state index is 3.92. The summed E-state index contributed by atoms with van der Waals surface area (Å²) in [7, 11) is 0. The van der Waals surface area contributed by atoms with Crippen LogP contribution in [0.25, 0.3) is 0 Å². The second kappa shape index (κ2) is 8.87. The summed E-state index contributed by atoms with van der Waals surface area (Å²) in [6, 6.07) is 0. The summed E-state index contributed by atoms with van der Waals surface area (Å²) in [4.78, 5) is 0. The van der Waals surface area contributed by atoms with Gasteiger partial charge in [0.1, 0.15) is 0 Å². The van der Waals surface area contributed by atoms with Gasteiger partial charge < -0.3 is 0 Å². The van der Waals surface area contributed by atoms with E-state index in [2.05, 4.69) is 19.6 Å². The van der Waals surface area contributed by atoms with Gasteiger partial charge in [-0.15, -0.1) is 0 Å². The molecule has 0 fully saturated rings. The summed E-state index contributed by atoms with van der Waals surface area (Å²) in [5, 5.41) is 0. The van der Waals surface area contributed by atoms with Crippen LogP contribution in [0, 0.1) is 0 Å². The molecule has 0 bridgehead atoms. The third-order valence-corrected chi connectivity index (χ3v) is 0.671. The Morgan fingerprint density at radius 3 is 1.80 bits per heavy atom. The Labute approximate surface area is 50.6 Å². The van der Waals surface area contributed by atoms with E-state index in [0.29, 0.717) is 0 Å². The van der Waals surface area contributed by atoms with Crippen LogP contribution in [0.1, 0.15) is 13.3 Å². The SMILES string of the molecule is CCCS.[V]. The zero-order valence-electron chi connectivity index (χ0n) is 3.31. The van der Waals surface area contributed by atoms with E-state index in [0.717, 1.165) is 5.75 Å². The molecule has 0 unspecified atom stereocenters. The van der Waals surface area contributed by atoms with Gasteiger partial charge in [-0.1, -0.05) is 6.92 Å². The number of rotatable bonds is 1. The quantitative estimate of drug-likeness (QED) is 0.504. The van der Waals surface area contributed by atoms with Crippen molar-refractivity contribution in [3.8, 4) is 0 Å². The van der Waals surface area contributed by atoms with Crippen molar-refractivity contribution in [3.63, 3.8) is 0 Å². The summed E-state index contributed by atoms with van der Waals surface area (Å²) in [6.07, 6.45) is 1.18. The minimum Gasteiger partial charge on any atom is -0.179 e. The number of thiol groups is 1. The van der Waals surface area contributed by atoms with Crippen molar-refractivity contribution in [1.29, 1.82) is 0 Å². The Hall–Kier alpha value is 0.934. The third-order valence-electron chi connectivity index (χ3n) is 0.224. The van der Waals surface area contributed by atoms with Crippen LogP contribution in [-0.4, -0.2) is 5.75 Å². The van der Waals surface area contributed by atoms with Crippen molar-refractivity contribution in [2.45, 2.75) is 13.3 Å². The summed E-state index contributed by atoms with van der Waals surface area (Å²) in [5.41, 5.74) is 0. The molecule has 0 atom stereocenters. The van der Waals surface area contributed by atoms with Crippen LogP contribution < -0.4 is 0 Å². The van der Waals surface area contributed by atoms with Crippen LogP contribution in [0.2, 0.25) is 0 Å². The Balaban J connectivity index is 0. The van der Waals surface area contributed by atoms with Crippen LogP contribution >= 0.6 is 12.6 Å². The first-order valence-electron chi connectivity index (χ1n) is 1.52. The van der Waals surface area contributed by atoms with Crippen molar-refractivity contribution in [2.24, 2.45) is 0 Å². The smallest absolute Gasteiger partial charge is 0 e. The predicted molar refractivity (Wildman–Crippen MR) is 24.1 cm³/mol. The van der Waals surface area contributed by atoms with Gasteiger partial charge >= 0.3 is 0 Å². The molecule has 0 heterocycles. The zero-order valence-corrected chi connectivity index (χ0v) is 5.60. The molecule has 0 aromatic heterocycles. The van der Waals surface area contributed by atoms with Gasteiger partial charge in [-0.05, 0) is 12.2 Å². The van der Waals surface area contributed by atoms with Crippen molar-refractivity contribution in [1.82, 2.24) is 0 Å². The van der Waals surface area contributed by atoms with Crippen LogP contribution in [0.3, 0.4) is 0 Å². The second-order valence-electron chi connectivity index (χ2n) is 0.724. The molecule has 0 nitrogen and oxygen atoms in total. The molecule has 0 aromatic carbocycles. The Kier molecular flexibility index (Phi) is 16.6. The minimum atomic E-state index is 0. The molecule has 0 amide bonds. The largest absolute Gasteiger partial charge is 0.179 e. The molecule has 0 saturated carbocycles. The maximum absolute atomic E-state index is 3.92. The van der Waals surface area contributed by atoms with Gasteiger partial charge in [0.15, 0.2) is 0 Å². The third kappa shape index (κ3) is 11.4. The molecule has 0 saturated heterocycles. The fourth-order valence-corrected chi connectivity index (χ4v) is 0. The van der Waals surface area contributed by atoms with E-state index >= 15 is 0 Å². The van der Waals surface area contributed by atoms with Gasteiger partial charge in [0.25, 0.3) is 0 Å². The van der Waals surface area contributed by atoms with E-state index in [4.69, 9.17) is 0 Å². The van der Waals surface area contributed by atoms with Crippen molar-refractivity contribution >= 4 is 12.6 Å². The summed E-state index contributed by atoms with van der Waals surface area (Å²) >= 11 is 3.92. The van der Waals surface area contributed by atoms with Gasteiger partial charge in [0, 0.05) is 18.6 Å². The maximum Gasteiger partial charge on any atom is 0 e. The molecule has 31 valence electrons. The van der Waals surface area contributed by atoms with Gasteiger partial charge in [-0.2, -0.15) is 12.6 Å². The first-order valence-corrected chi connectivity index (χ1v) is 2.16. The van der Waals surface area contributed by atoms with Crippen molar-refractivity contribution < 1.29 is 18.6 Å². The normalized spacial score (nSPS) is 6.00. The summed E-state index contributed by atoms with van der Waals surface area (Å²) in [5.74, 6) is 1.01. The van der Waals surface area contributed by atoms with Crippen LogP contribution in [-0.2, 0) is 18.6 Å². The van der Waals surface area contributed by atoms with E-state index in [1.807, 2.05) is 0 Å². The molecule has 0 N–H and O–H groups in total. The molecule has 0 aliphatic carbocycles. The molecule has 2 heteroatoms. The molecule has 0 aliphatic rings. The molecule has 0 aliphatic heterocycles. The molecule has 0 aromatic rings. The average Bonchev–Trinajstić information content (AvgIpc) is 1.37. The molecule has 5 heavy (non-hydrogen) atoms. The average molecular weight is 127 g/mol. The van der Waals surface area contributed by atoms with Gasteiger partial charge in [0.05, 0.1) is 0 Å². The van der Waals surface area contributed by atoms with E-state index in [9.17, 15) is 0 Å². The number of hydrogen-bond acceptors (Lipinski definition) is 1. The Morgan fingerprint density at radius 1 is 1.60 bits per heavy atom. The van der Waals surface area contributed by atoms with E-state index in [-0.39, 0.29) is 18.6 Å². The molecular formula is C3H8SV. The fraction of sp³-hybridized carbons (Fsp3) is 1.00. The van der Waals surface area contributed by atoms with Gasteiger partial charge in [0.2, 0.25) is 0 Å². The standard InChI is InChI=1S/C3H8S.V/c1-2-3-4;/h4H,2-3H2,1H3;. The van der Waals surface area contributed by atoms with Crippen LogP contribution in [0.15, 0.2) is 0 Å².